The molecule has 3 rings (SSSR count). The van der Waals surface area contributed by atoms with E-state index in [0.29, 0.717) is 18.8 Å². The number of amides is 1. The van der Waals surface area contributed by atoms with Crippen molar-refractivity contribution < 1.29 is 19.0 Å². The summed E-state index contributed by atoms with van der Waals surface area (Å²) in [4.78, 5) is 15.7. The predicted octanol–water partition coefficient (Wildman–Crippen LogP) is 3.31. The van der Waals surface area contributed by atoms with Gasteiger partial charge in [-0.15, -0.1) is 0 Å². The fourth-order valence-corrected chi connectivity index (χ4v) is 2.37. The van der Waals surface area contributed by atoms with E-state index in [9.17, 15) is 4.79 Å². The normalized spacial score (nSPS) is 10.5. The number of benzene rings is 2. The largest absolute Gasteiger partial charge is 0.497 e. The van der Waals surface area contributed by atoms with E-state index in [1.54, 1.807) is 37.9 Å². The summed E-state index contributed by atoms with van der Waals surface area (Å²) in [5, 5.41) is 3.95. The number of nitrogens with one attached hydrogen (secondary N) is 1. The molecule has 0 spiro atoms. The molecule has 0 aliphatic heterocycles. The summed E-state index contributed by atoms with van der Waals surface area (Å²) in [5.41, 5.74) is 3.81. The van der Waals surface area contributed by atoms with E-state index in [0.717, 1.165) is 22.8 Å². The van der Waals surface area contributed by atoms with Crippen LogP contribution in [0.25, 0.3) is 0 Å². The van der Waals surface area contributed by atoms with Gasteiger partial charge in [0, 0.05) is 18.0 Å². The van der Waals surface area contributed by atoms with Crippen LogP contribution in [0.4, 0.5) is 0 Å². The molecule has 0 atom stereocenters. The Bertz CT molecular complexity index is 927. The van der Waals surface area contributed by atoms with Crippen molar-refractivity contribution in [2.45, 2.75) is 0 Å². The van der Waals surface area contributed by atoms with Crippen molar-refractivity contribution in [3.63, 3.8) is 0 Å². The molecule has 29 heavy (non-hydrogen) atoms. The van der Waals surface area contributed by atoms with Crippen LogP contribution < -0.4 is 19.6 Å². The molecule has 148 valence electrons. The Hall–Kier alpha value is -3.87. The maximum Gasteiger partial charge on any atom is 0.271 e. The zero-order valence-corrected chi connectivity index (χ0v) is 15.9. The van der Waals surface area contributed by atoms with Gasteiger partial charge in [-0.2, -0.15) is 5.10 Å². The average Bonchev–Trinajstić information content (AvgIpc) is 2.78. The van der Waals surface area contributed by atoms with E-state index in [4.69, 9.17) is 14.2 Å². The molecule has 7 heteroatoms. The minimum atomic E-state index is -0.291. The van der Waals surface area contributed by atoms with Crippen LogP contribution >= 0.6 is 0 Å². The minimum absolute atomic E-state index is 0.291. The summed E-state index contributed by atoms with van der Waals surface area (Å²) in [7, 11) is 1.62. The predicted molar refractivity (Wildman–Crippen MR) is 110 cm³/mol. The van der Waals surface area contributed by atoms with E-state index in [1.807, 2.05) is 48.5 Å². The van der Waals surface area contributed by atoms with Gasteiger partial charge in [-0.05, 0) is 66.2 Å². The van der Waals surface area contributed by atoms with E-state index in [-0.39, 0.29) is 5.91 Å². The molecule has 0 unspecified atom stereocenters. The maximum atomic E-state index is 11.9. The van der Waals surface area contributed by atoms with Crippen LogP contribution in [0, 0.1) is 0 Å². The topological polar surface area (TPSA) is 82.0 Å². The van der Waals surface area contributed by atoms with Gasteiger partial charge in [0.15, 0.2) is 0 Å². The molecule has 2 aromatic carbocycles. The fourth-order valence-electron chi connectivity index (χ4n) is 2.37. The number of aromatic nitrogens is 1. The number of nitrogens with zero attached hydrogens (tertiary/aromatic N) is 2. The number of rotatable bonds is 9. The van der Waals surface area contributed by atoms with Gasteiger partial charge < -0.3 is 14.2 Å². The summed E-state index contributed by atoms with van der Waals surface area (Å²) < 4.78 is 16.4. The van der Waals surface area contributed by atoms with Crippen LogP contribution in [0.3, 0.4) is 0 Å². The summed E-state index contributed by atoms with van der Waals surface area (Å²) in [5.74, 6) is 1.98. The third kappa shape index (κ3) is 6.35. The van der Waals surface area contributed by atoms with Gasteiger partial charge in [-0.1, -0.05) is 0 Å². The van der Waals surface area contributed by atoms with Crippen LogP contribution in [-0.4, -0.2) is 37.4 Å². The van der Waals surface area contributed by atoms with Gasteiger partial charge in [0.2, 0.25) is 0 Å². The molecular formula is C22H21N3O4. The first kappa shape index (κ1) is 19.9. The molecule has 3 aromatic rings. The summed E-state index contributed by atoms with van der Waals surface area (Å²) in [6, 6.07) is 18.0. The van der Waals surface area contributed by atoms with E-state index < -0.39 is 0 Å². The molecule has 0 radical (unpaired) electrons. The molecule has 1 aromatic heterocycles. The second-order valence-corrected chi connectivity index (χ2v) is 5.88. The molecule has 0 saturated heterocycles. The molecule has 0 bridgehead atoms. The Kier molecular flexibility index (Phi) is 7.17. The van der Waals surface area contributed by atoms with Crippen molar-refractivity contribution in [2.24, 2.45) is 5.10 Å². The quantitative estimate of drug-likeness (QED) is 0.344. The fraction of sp³-hybridized carbons (Fsp3) is 0.136. The lowest BCUT2D eigenvalue weighted by molar-refractivity contribution is 0.0955. The van der Waals surface area contributed by atoms with Crippen LogP contribution in [-0.2, 0) is 0 Å². The van der Waals surface area contributed by atoms with Gasteiger partial charge >= 0.3 is 0 Å². The summed E-state index contributed by atoms with van der Waals surface area (Å²) in [6.07, 6.45) is 4.68. The Morgan fingerprint density at radius 3 is 2.03 bits per heavy atom. The van der Waals surface area contributed by atoms with Crippen molar-refractivity contribution in [1.82, 2.24) is 10.4 Å². The van der Waals surface area contributed by atoms with Crippen molar-refractivity contribution >= 4 is 12.1 Å². The lowest BCUT2D eigenvalue weighted by atomic mass is 10.2. The zero-order chi connectivity index (χ0) is 20.3. The smallest absolute Gasteiger partial charge is 0.271 e. The summed E-state index contributed by atoms with van der Waals surface area (Å²) in [6.45, 7) is 0.845. The van der Waals surface area contributed by atoms with Crippen molar-refractivity contribution in [3.8, 4) is 17.2 Å². The molecule has 0 saturated carbocycles. The monoisotopic (exact) mass is 391 g/mol. The number of pyridine rings is 1. The van der Waals surface area contributed by atoms with Crippen LogP contribution in [0.5, 0.6) is 17.2 Å². The average molecular weight is 391 g/mol. The standard InChI is InChI=1S/C22H21N3O4/c1-27-19-6-8-21(9-7-19)29-15-14-28-20-4-2-17(3-5-20)16-24-25-22(26)18-10-12-23-13-11-18/h2-13,16H,14-15H2,1H3,(H,25,26)/b24-16-. The SMILES string of the molecule is COc1ccc(OCCOc2ccc(/C=N\NC(=O)c3ccncc3)cc2)cc1. The molecule has 0 aliphatic carbocycles. The van der Waals surface area contributed by atoms with Gasteiger partial charge in [0.05, 0.1) is 13.3 Å². The Balaban J connectivity index is 1.39. The van der Waals surface area contributed by atoms with E-state index in [2.05, 4.69) is 15.5 Å². The highest BCUT2D eigenvalue weighted by atomic mass is 16.5. The highest BCUT2D eigenvalue weighted by molar-refractivity contribution is 5.94. The van der Waals surface area contributed by atoms with Gasteiger partial charge in [0.25, 0.3) is 5.91 Å². The number of carbonyl (C=O) groups excluding carboxylic acids is 1. The summed E-state index contributed by atoms with van der Waals surface area (Å²) >= 11 is 0. The lowest BCUT2D eigenvalue weighted by Gasteiger charge is -2.09. The second kappa shape index (κ2) is 10.5. The minimum Gasteiger partial charge on any atom is -0.497 e. The Morgan fingerprint density at radius 1 is 0.897 bits per heavy atom. The first-order valence-electron chi connectivity index (χ1n) is 8.98. The molecule has 0 aliphatic rings. The number of hydrazone groups is 1. The van der Waals surface area contributed by atoms with E-state index in [1.165, 1.54) is 0 Å². The second-order valence-electron chi connectivity index (χ2n) is 5.88. The van der Waals surface area contributed by atoms with Crippen molar-refractivity contribution in [3.05, 3.63) is 84.2 Å². The number of hydrogen-bond donors (Lipinski definition) is 1. The highest BCUT2D eigenvalue weighted by Crippen LogP contribution is 2.17. The Morgan fingerprint density at radius 2 is 1.45 bits per heavy atom. The zero-order valence-electron chi connectivity index (χ0n) is 15.9. The number of ether oxygens (including phenoxy) is 3. The first-order chi connectivity index (χ1) is 14.2. The number of hydrogen-bond acceptors (Lipinski definition) is 6. The lowest BCUT2D eigenvalue weighted by Crippen LogP contribution is -2.17. The molecule has 7 nitrogen and oxygen atoms in total. The van der Waals surface area contributed by atoms with Gasteiger partial charge in [0.1, 0.15) is 30.5 Å². The van der Waals surface area contributed by atoms with Gasteiger partial charge in [-0.25, -0.2) is 5.43 Å². The third-order valence-corrected chi connectivity index (χ3v) is 3.88. The van der Waals surface area contributed by atoms with E-state index >= 15 is 0 Å². The Labute approximate surface area is 169 Å². The van der Waals surface area contributed by atoms with Crippen LogP contribution in [0.15, 0.2) is 78.2 Å². The van der Waals surface area contributed by atoms with Crippen molar-refractivity contribution in [2.75, 3.05) is 20.3 Å². The molecular weight excluding hydrogens is 370 g/mol. The number of carbonyl (C=O) groups is 1. The molecule has 1 amide bonds. The highest BCUT2D eigenvalue weighted by Gasteiger charge is 2.02. The first-order valence-corrected chi connectivity index (χ1v) is 8.98. The maximum absolute atomic E-state index is 11.9. The van der Waals surface area contributed by atoms with Crippen molar-refractivity contribution in [1.29, 1.82) is 0 Å². The van der Waals surface area contributed by atoms with Crippen LogP contribution in [0.1, 0.15) is 15.9 Å². The molecule has 0 fully saturated rings. The molecule has 1 heterocycles. The third-order valence-electron chi connectivity index (χ3n) is 3.88. The number of methoxy groups -OCH3 is 1. The molecule has 1 N–H and O–H groups in total. The van der Waals surface area contributed by atoms with Gasteiger partial charge in [-0.3, -0.25) is 9.78 Å². The van der Waals surface area contributed by atoms with Crippen LogP contribution in [0.2, 0.25) is 0 Å².